The fraction of sp³-hybridized carbons (Fsp3) is 0. The summed E-state index contributed by atoms with van der Waals surface area (Å²) in [5, 5.41) is 0.400. The lowest BCUT2D eigenvalue weighted by atomic mass is 10.3. The van der Waals surface area contributed by atoms with Gasteiger partial charge in [-0.25, -0.2) is 13.4 Å². The molecule has 0 amide bonds. The predicted molar refractivity (Wildman–Crippen MR) is 47.0 cm³/mol. The summed E-state index contributed by atoms with van der Waals surface area (Å²) in [6, 6.07) is 3.20. The molecule has 13 heavy (non-hydrogen) atoms. The summed E-state index contributed by atoms with van der Waals surface area (Å²) in [6.07, 6.45) is 2.59. The second-order valence-corrected chi connectivity index (χ2v) is 4.93. The Balaban J connectivity index is 2.87. The van der Waals surface area contributed by atoms with Crippen molar-refractivity contribution in [3.63, 3.8) is 0 Å². The third kappa shape index (κ3) is 1.40. The van der Waals surface area contributed by atoms with E-state index in [1.54, 1.807) is 12.1 Å². The molecule has 2 rings (SSSR count). The first kappa shape index (κ1) is 8.52. The van der Waals surface area contributed by atoms with Gasteiger partial charge in [-0.2, -0.15) is 0 Å². The molecular weight excluding hydrogens is 214 g/mol. The van der Waals surface area contributed by atoms with E-state index >= 15 is 0 Å². The second-order valence-electron chi connectivity index (χ2n) is 2.39. The normalized spacial score (nSPS) is 12.1. The number of nitrogens with zero attached hydrogens (tertiary/aromatic N) is 1. The van der Waals surface area contributed by atoms with Gasteiger partial charge in [-0.1, -0.05) is 0 Å². The quantitative estimate of drug-likeness (QED) is 0.683. The first-order valence-electron chi connectivity index (χ1n) is 3.36. The van der Waals surface area contributed by atoms with E-state index in [1.165, 1.54) is 6.20 Å². The van der Waals surface area contributed by atoms with Gasteiger partial charge < -0.3 is 4.42 Å². The monoisotopic (exact) mass is 217 g/mol. The largest absolute Gasteiger partial charge is 0.445 e. The lowest BCUT2D eigenvalue weighted by Gasteiger charge is -1.88. The highest BCUT2D eigenvalue weighted by atomic mass is 35.7. The number of hydrogen-bond donors (Lipinski definition) is 0. The number of pyridine rings is 1. The zero-order valence-corrected chi connectivity index (χ0v) is 7.84. The van der Waals surface area contributed by atoms with Gasteiger partial charge in [0.25, 0.3) is 9.05 Å². The van der Waals surface area contributed by atoms with Crippen LogP contribution in [0, 0.1) is 0 Å². The molecule has 6 heteroatoms. The Labute approximate surface area is 78.6 Å². The Kier molecular flexibility index (Phi) is 1.78. The van der Waals surface area contributed by atoms with Crippen molar-refractivity contribution in [2.75, 3.05) is 0 Å². The number of rotatable bonds is 1. The number of furan rings is 1. The number of aromatic nitrogens is 1. The predicted octanol–water partition coefficient (Wildman–Crippen LogP) is 1.76. The van der Waals surface area contributed by atoms with Gasteiger partial charge in [0.1, 0.15) is 11.2 Å². The fourth-order valence-corrected chi connectivity index (χ4v) is 1.97. The molecule has 0 unspecified atom stereocenters. The Bertz CT molecular complexity index is 546. The molecule has 0 aliphatic carbocycles. The van der Waals surface area contributed by atoms with Crippen molar-refractivity contribution in [2.24, 2.45) is 0 Å². The van der Waals surface area contributed by atoms with E-state index in [9.17, 15) is 8.42 Å². The summed E-state index contributed by atoms with van der Waals surface area (Å²) >= 11 is 0. The standard InChI is InChI=1S/C7H4ClNO3S/c8-13(10,11)6-4-12-7-5(6)2-1-3-9-7/h1-4H. The molecule has 0 atom stereocenters. The van der Waals surface area contributed by atoms with Crippen molar-refractivity contribution in [3.05, 3.63) is 24.6 Å². The summed E-state index contributed by atoms with van der Waals surface area (Å²) in [5.41, 5.74) is 0.265. The lowest BCUT2D eigenvalue weighted by Crippen LogP contribution is -1.87. The van der Waals surface area contributed by atoms with Crippen LogP contribution in [0.2, 0.25) is 0 Å². The summed E-state index contributed by atoms with van der Waals surface area (Å²) in [4.78, 5) is 3.78. The van der Waals surface area contributed by atoms with Gasteiger partial charge in [-0.3, -0.25) is 0 Å². The minimum absolute atomic E-state index is 0.0442. The highest BCUT2D eigenvalue weighted by Crippen LogP contribution is 2.25. The van der Waals surface area contributed by atoms with Crippen LogP contribution in [0.5, 0.6) is 0 Å². The molecule has 0 aliphatic heterocycles. The molecule has 0 saturated heterocycles. The summed E-state index contributed by atoms with van der Waals surface area (Å²) in [6.45, 7) is 0. The van der Waals surface area contributed by atoms with Crippen LogP contribution in [0.25, 0.3) is 11.1 Å². The third-order valence-electron chi connectivity index (χ3n) is 1.58. The molecule has 2 heterocycles. The van der Waals surface area contributed by atoms with Crippen LogP contribution in [0.15, 0.2) is 33.9 Å². The molecule has 4 nitrogen and oxygen atoms in total. The smallest absolute Gasteiger partial charge is 0.265 e. The van der Waals surface area contributed by atoms with Gasteiger partial charge in [-0.15, -0.1) is 0 Å². The molecule has 0 spiro atoms. The van der Waals surface area contributed by atoms with Crippen LogP contribution in [0.1, 0.15) is 0 Å². The highest BCUT2D eigenvalue weighted by Gasteiger charge is 2.17. The Hall–Kier alpha value is -1.07. The highest BCUT2D eigenvalue weighted by molar-refractivity contribution is 8.14. The van der Waals surface area contributed by atoms with E-state index in [0.29, 0.717) is 5.39 Å². The van der Waals surface area contributed by atoms with E-state index in [0.717, 1.165) is 6.26 Å². The number of fused-ring (bicyclic) bond motifs is 1. The SMILES string of the molecule is O=S(=O)(Cl)c1coc2ncccc12. The van der Waals surface area contributed by atoms with Crippen molar-refractivity contribution in [2.45, 2.75) is 4.90 Å². The molecule has 0 fully saturated rings. The van der Waals surface area contributed by atoms with Crippen LogP contribution >= 0.6 is 10.7 Å². The average molecular weight is 218 g/mol. The topological polar surface area (TPSA) is 60.2 Å². The first-order valence-corrected chi connectivity index (χ1v) is 5.67. The molecule has 68 valence electrons. The van der Waals surface area contributed by atoms with Gasteiger partial charge in [0.05, 0.1) is 5.39 Å². The van der Waals surface area contributed by atoms with Gasteiger partial charge >= 0.3 is 0 Å². The van der Waals surface area contributed by atoms with Gasteiger partial charge in [-0.05, 0) is 12.1 Å². The number of hydrogen-bond acceptors (Lipinski definition) is 4. The Morgan fingerprint density at radius 3 is 2.92 bits per heavy atom. The summed E-state index contributed by atoms with van der Waals surface area (Å²) in [7, 11) is 1.42. The summed E-state index contributed by atoms with van der Waals surface area (Å²) in [5.74, 6) is 0. The molecule has 0 aliphatic rings. The van der Waals surface area contributed by atoms with E-state index in [-0.39, 0.29) is 10.6 Å². The molecule has 2 aromatic heterocycles. The second kappa shape index (κ2) is 2.71. The van der Waals surface area contributed by atoms with Crippen LogP contribution in [-0.2, 0) is 9.05 Å². The molecule has 2 aromatic rings. The maximum Gasteiger partial charge on any atom is 0.265 e. The molecular formula is C7H4ClNO3S. The maximum atomic E-state index is 11.0. The third-order valence-corrected chi connectivity index (χ3v) is 2.92. The minimum atomic E-state index is -3.75. The van der Waals surface area contributed by atoms with Gasteiger partial charge in [0.15, 0.2) is 0 Å². The number of halogens is 1. The van der Waals surface area contributed by atoms with Crippen molar-refractivity contribution in [1.82, 2.24) is 4.98 Å². The summed E-state index contributed by atoms with van der Waals surface area (Å²) < 4.78 is 26.9. The van der Waals surface area contributed by atoms with Crippen LogP contribution in [-0.4, -0.2) is 13.4 Å². The molecule has 0 aromatic carbocycles. The van der Waals surface area contributed by atoms with E-state index < -0.39 is 9.05 Å². The van der Waals surface area contributed by atoms with Crippen LogP contribution in [0.4, 0.5) is 0 Å². The first-order chi connectivity index (χ1) is 6.09. The van der Waals surface area contributed by atoms with E-state index in [4.69, 9.17) is 15.1 Å². The fourth-order valence-electron chi connectivity index (χ4n) is 1.03. The molecule has 0 radical (unpaired) electrons. The lowest BCUT2D eigenvalue weighted by molar-refractivity contribution is 0.585. The Morgan fingerprint density at radius 2 is 2.23 bits per heavy atom. The van der Waals surface area contributed by atoms with E-state index in [1.807, 2.05) is 0 Å². The van der Waals surface area contributed by atoms with Crippen LogP contribution in [0.3, 0.4) is 0 Å². The zero-order chi connectivity index (χ0) is 9.47. The average Bonchev–Trinajstić information content (AvgIpc) is 2.45. The zero-order valence-electron chi connectivity index (χ0n) is 6.27. The molecule has 0 N–H and O–H groups in total. The van der Waals surface area contributed by atoms with Crippen molar-refractivity contribution in [1.29, 1.82) is 0 Å². The van der Waals surface area contributed by atoms with Gasteiger partial charge in [0.2, 0.25) is 5.71 Å². The Morgan fingerprint density at radius 1 is 1.46 bits per heavy atom. The molecule has 0 bridgehead atoms. The van der Waals surface area contributed by atoms with Crippen molar-refractivity contribution >= 4 is 30.8 Å². The maximum absolute atomic E-state index is 11.0. The van der Waals surface area contributed by atoms with Crippen molar-refractivity contribution in [3.8, 4) is 0 Å². The van der Waals surface area contributed by atoms with Gasteiger partial charge in [0, 0.05) is 16.9 Å². The van der Waals surface area contributed by atoms with E-state index in [2.05, 4.69) is 4.98 Å². The minimum Gasteiger partial charge on any atom is -0.445 e. The van der Waals surface area contributed by atoms with Crippen molar-refractivity contribution < 1.29 is 12.8 Å². The molecule has 0 saturated carbocycles. The van der Waals surface area contributed by atoms with Crippen LogP contribution < -0.4 is 0 Å².